The van der Waals surface area contributed by atoms with Crippen molar-refractivity contribution in [2.45, 2.75) is 17.9 Å². The lowest BCUT2D eigenvalue weighted by Gasteiger charge is -2.31. The van der Waals surface area contributed by atoms with Crippen LogP contribution in [-0.2, 0) is 10.0 Å². The van der Waals surface area contributed by atoms with Crippen LogP contribution < -0.4 is 10.1 Å². The number of nitrogens with zero attached hydrogens (tertiary/aromatic N) is 2. The van der Waals surface area contributed by atoms with Crippen LogP contribution in [0.15, 0.2) is 23.1 Å². The summed E-state index contributed by atoms with van der Waals surface area (Å²) >= 11 is 0. The molecule has 0 amide bonds. The molecule has 0 radical (unpaired) electrons. The highest BCUT2D eigenvalue weighted by Crippen LogP contribution is 2.30. The molecule has 1 aliphatic rings. The van der Waals surface area contributed by atoms with Crippen molar-refractivity contribution in [2.24, 2.45) is 0 Å². The first-order valence-electron chi connectivity index (χ1n) is 6.42. The minimum atomic E-state index is -3.73. The minimum absolute atomic E-state index is 0.0182. The summed E-state index contributed by atoms with van der Waals surface area (Å²) in [5.74, 6) is -0.0182. The van der Waals surface area contributed by atoms with Crippen LogP contribution in [0.2, 0.25) is 0 Å². The number of nitro groups is 1. The molecule has 1 aromatic rings. The fraction of sp³-hybridized carbons (Fsp3) is 0.500. The van der Waals surface area contributed by atoms with E-state index >= 15 is 0 Å². The molecule has 1 atom stereocenters. The third kappa shape index (κ3) is 3.14. The van der Waals surface area contributed by atoms with Gasteiger partial charge in [-0.3, -0.25) is 10.1 Å². The molecule has 8 nitrogen and oxygen atoms in total. The minimum Gasteiger partial charge on any atom is -0.495 e. The number of piperazine rings is 1. The monoisotopic (exact) mass is 315 g/mol. The molecule has 1 aliphatic heterocycles. The van der Waals surface area contributed by atoms with Gasteiger partial charge in [0.15, 0.2) is 0 Å². The summed E-state index contributed by atoms with van der Waals surface area (Å²) in [6.07, 6.45) is 0. The molecule has 0 aliphatic carbocycles. The zero-order valence-electron chi connectivity index (χ0n) is 11.8. The Morgan fingerprint density at radius 3 is 2.76 bits per heavy atom. The van der Waals surface area contributed by atoms with E-state index < -0.39 is 14.9 Å². The third-order valence-electron chi connectivity index (χ3n) is 3.31. The summed E-state index contributed by atoms with van der Waals surface area (Å²) in [5, 5.41) is 13.9. The second-order valence-corrected chi connectivity index (χ2v) is 6.72. The molecule has 116 valence electrons. The molecule has 2 rings (SSSR count). The fourth-order valence-corrected chi connectivity index (χ4v) is 3.90. The van der Waals surface area contributed by atoms with Gasteiger partial charge in [-0.05, 0) is 13.0 Å². The first-order chi connectivity index (χ1) is 9.86. The number of benzene rings is 1. The van der Waals surface area contributed by atoms with E-state index in [2.05, 4.69) is 5.32 Å². The first kappa shape index (κ1) is 15.7. The van der Waals surface area contributed by atoms with E-state index in [0.29, 0.717) is 19.6 Å². The SMILES string of the molecule is COc1cc([N+](=O)[O-])ccc1S(=O)(=O)N1CCN[C@H](C)C1. The van der Waals surface area contributed by atoms with E-state index in [-0.39, 0.29) is 22.4 Å². The Labute approximate surface area is 122 Å². The largest absolute Gasteiger partial charge is 0.495 e. The van der Waals surface area contributed by atoms with Crippen molar-refractivity contribution in [1.29, 1.82) is 0 Å². The number of methoxy groups -OCH3 is 1. The van der Waals surface area contributed by atoms with E-state index in [1.165, 1.54) is 23.5 Å². The standard InChI is InChI=1S/C12H17N3O5S/c1-9-8-14(6-5-13-9)21(18,19)12-4-3-10(15(16)17)7-11(12)20-2/h3-4,7,9,13H,5-6,8H2,1-2H3/t9-/m1/s1. The third-order valence-corrected chi connectivity index (χ3v) is 5.21. The molecule has 0 spiro atoms. The lowest BCUT2D eigenvalue weighted by molar-refractivity contribution is -0.385. The maximum Gasteiger partial charge on any atom is 0.273 e. The molecule has 21 heavy (non-hydrogen) atoms. The van der Waals surface area contributed by atoms with E-state index in [1.54, 1.807) is 0 Å². The average Bonchev–Trinajstić information content (AvgIpc) is 2.46. The Morgan fingerprint density at radius 2 is 2.19 bits per heavy atom. The second kappa shape index (κ2) is 5.96. The lowest BCUT2D eigenvalue weighted by atomic mass is 10.3. The van der Waals surface area contributed by atoms with Gasteiger partial charge in [-0.1, -0.05) is 0 Å². The van der Waals surface area contributed by atoms with Gasteiger partial charge in [0.2, 0.25) is 10.0 Å². The number of hydrogen-bond donors (Lipinski definition) is 1. The van der Waals surface area contributed by atoms with Gasteiger partial charge in [-0.2, -0.15) is 4.31 Å². The molecule has 1 heterocycles. The molecule has 0 aromatic heterocycles. The highest BCUT2D eigenvalue weighted by atomic mass is 32.2. The predicted molar refractivity (Wildman–Crippen MR) is 75.9 cm³/mol. The number of sulfonamides is 1. The van der Waals surface area contributed by atoms with Crippen molar-refractivity contribution in [1.82, 2.24) is 9.62 Å². The number of nitrogens with one attached hydrogen (secondary N) is 1. The van der Waals surface area contributed by atoms with Gasteiger partial charge in [0.1, 0.15) is 10.6 Å². The molecule has 1 fully saturated rings. The first-order valence-corrected chi connectivity index (χ1v) is 7.86. The Hall–Kier alpha value is -1.71. The zero-order chi connectivity index (χ0) is 15.6. The zero-order valence-corrected chi connectivity index (χ0v) is 12.6. The van der Waals surface area contributed by atoms with Crippen molar-refractivity contribution >= 4 is 15.7 Å². The molecule has 0 saturated carbocycles. The highest BCUT2D eigenvalue weighted by molar-refractivity contribution is 7.89. The molecular formula is C12H17N3O5S. The number of hydrogen-bond acceptors (Lipinski definition) is 6. The lowest BCUT2D eigenvalue weighted by Crippen LogP contribution is -2.51. The van der Waals surface area contributed by atoms with Gasteiger partial charge in [0, 0.05) is 31.7 Å². The topological polar surface area (TPSA) is 102 Å². The van der Waals surface area contributed by atoms with E-state index in [0.717, 1.165) is 6.07 Å². The molecule has 1 saturated heterocycles. The van der Waals surface area contributed by atoms with Crippen LogP contribution in [0, 0.1) is 10.1 Å². The fourth-order valence-electron chi connectivity index (χ4n) is 2.24. The summed E-state index contributed by atoms with van der Waals surface area (Å²) in [4.78, 5) is 10.1. The van der Waals surface area contributed by atoms with E-state index in [9.17, 15) is 18.5 Å². The molecule has 0 unspecified atom stereocenters. The van der Waals surface area contributed by atoms with Crippen molar-refractivity contribution in [3.8, 4) is 5.75 Å². The quantitative estimate of drug-likeness (QED) is 0.644. The van der Waals surface area contributed by atoms with Gasteiger partial charge < -0.3 is 10.1 Å². The smallest absolute Gasteiger partial charge is 0.273 e. The van der Waals surface area contributed by atoms with E-state index in [1.807, 2.05) is 6.92 Å². The average molecular weight is 315 g/mol. The van der Waals surface area contributed by atoms with Crippen LogP contribution in [0.4, 0.5) is 5.69 Å². The molecular weight excluding hydrogens is 298 g/mol. The highest BCUT2D eigenvalue weighted by Gasteiger charge is 2.31. The summed E-state index contributed by atoms with van der Waals surface area (Å²) in [6.45, 7) is 3.17. The van der Waals surface area contributed by atoms with Gasteiger partial charge in [0.05, 0.1) is 18.1 Å². The van der Waals surface area contributed by atoms with Gasteiger partial charge in [-0.15, -0.1) is 0 Å². The maximum absolute atomic E-state index is 12.6. The Kier molecular flexibility index (Phi) is 4.45. The normalized spacial score (nSPS) is 20.2. The summed E-state index contributed by atoms with van der Waals surface area (Å²) in [5.41, 5.74) is -0.209. The molecule has 1 aromatic carbocycles. The second-order valence-electron chi connectivity index (χ2n) is 4.81. The van der Waals surface area contributed by atoms with Crippen molar-refractivity contribution in [3.05, 3.63) is 28.3 Å². The van der Waals surface area contributed by atoms with Crippen LogP contribution in [0.25, 0.3) is 0 Å². The summed E-state index contributed by atoms with van der Waals surface area (Å²) in [6, 6.07) is 3.57. The predicted octanol–water partition coefficient (Wildman–Crippen LogP) is 0.586. The van der Waals surface area contributed by atoms with Crippen LogP contribution in [0.3, 0.4) is 0 Å². The van der Waals surface area contributed by atoms with Gasteiger partial charge >= 0.3 is 0 Å². The van der Waals surface area contributed by atoms with E-state index in [4.69, 9.17) is 4.74 Å². The Morgan fingerprint density at radius 1 is 1.48 bits per heavy atom. The summed E-state index contributed by atoms with van der Waals surface area (Å²) in [7, 11) is -2.44. The van der Waals surface area contributed by atoms with Gasteiger partial charge in [0.25, 0.3) is 5.69 Å². The molecule has 1 N–H and O–H groups in total. The number of ether oxygens (including phenoxy) is 1. The Balaban J connectivity index is 2.42. The van der Waals surface area contributed by atoms with Gasteiger partial charge in [-0.25, -0.2) is 8.42 Å². The number of non-ortho nitro benzene ring substituents is 1. The van der Waals surface area contributed by atoms with Crippen molar-refractivity contribution < 1.29 is 18.1 Å². The molecule has 9 heteroatoms. The molecule has 0 bridgehead atoms. The van der Waals surface area contributed by atoms with Crippen molar-refractivity contribution in [2.75, 3.05) is 26.7 Å². The van der Waals surface area contributed by atoms with Crippen LogP contribution in [0.1, 0.15) is 6.92 Å². The maximum atomic E-state index is 12.6. The summed E-state index contributed by atoms with van der Waals surface area (Å²) < 4.78 is 31.7. The number of rotatable bonds is 4. The number of nitro benzene ring substituents is 1. The Bertz CT molecular complexity index is 646. The van der Waals surface area contributed by atoms with Crippen molar-refractivity contribution in [3.63, 3.8) is 0 Å². The van der Waals surface area contributed by atoms with Crippen LogP contribution in [-0.4, -0.2) is 50.4 Å². The van der Waals surface area contributed by atoms with Crippen LogP contribution >= 0.6 is 0 Å². The van der Waals surface area contributed by atoms with Crippen LogP contribution in [0.5, 0.6) is 5.75 Å².